The lowest BCUT2D eigenvalue weighted by molar-refractivity contribution is -0.146. The van der Waals surface area contributed by atoms with Crippen LogP contribution in [0.4, 0.5) is 13.2 Å². The van der Waals surface area contributed by atoms with Gasteiger partial charge >= 0.3 is 6.18 Å². The molecule has 0 amide bonds. The number of hydrogen-bond acceptors (Lipinski definition) is 5. The van der Waals surface area contributed by atoms with E-state index in [0.717, 1.165) is 39.3 Å². The molecule has 1 aliphatic carbocycles. The minimum atomic E-state index is -4.31. The first kappa shape index (κ1) is 19.3. The molecule has 0 bridgehead atoms. The number of alkyl halides is 3. The maximum Gasteiger partial charge on any atom is 0.395 e. The first-order valence-corrected chi connectivity index (χ1v) is 10.1. The van der Waals surface area contributed by atoms with Gasteiger partial charge in [-0.2, -0.15) is 18.3 Å². The fraction of sp³-hybridized carbons (Fsp3) is 0.476. The van der Waals surface area contributed by atoms with Gasteiger partial charge in [-0.3, -0.25) is 10.1 Å². The van der Waals surface area contributed by atoms with E-state index in [1.807, 2.05) is 0 Å². The van der Waals surface area contributed by atoms with Crippen LogP contribution >= 0.6 is 0 Å². The average molecular weight is 417 g/mol. The molecular formula is C21H22F3N5O. The number of aromatic amines is 1. The standard InChI is InChI=1S/C21H22F3N5O/c1-12(21(22,23)24)13-2-3-15-14(8-13)19(29-28-15)16-9-26-11-18(27-16)30-17-10-25-7-6-20(17)4-5-20/h2-3,8-9,11-12,17,25H,4-7,10H2,1H3,(H,28,29). The molecule has 2 N–H and O–H groups in total. The second kappa shape index (κ2) is 6.94. The zero-order valence-electron chi connectivity index (χ0n) is 16.5. The first-order chi connectivity index (χ1) is 14.4. The Hall–Kier alpha value is -2.68. The third-order valence-electron chi connectivity index (χ3n) is 6.40. The van der Waals surface area contributed by atoms with Crippen molar-refractivity contribution in [1.82, 2.24) is 25.5 Å². The highest BCUT2D eigenvalue weighted by Crippen LogP contribution is 2.53. The summed E-state index contributed by atoms with van der Waals surface area (Å²) in [4.78, 5) is 8.79. The Labute approximate surface area is 171 Å². The Morgan fingerprint density at radius 1 is 1.20 bits per heavy atom. The maximum absolute atomic E-state index is 13.2. The van der Waals surface area contributed by atoms with Crippen LogP contribution in [0.5, 0.6) is 5.88 Å². The van der Waals surface area contributed by atoms with Crippen LogP contribution in [-0.4, -0.2) is 45.5 Å². The number of H-pyrrole nitrogens is 1. The molecule has 1 saturated carbocycles. The smallest absolute Gasteiger partial charge is 0.395 e. The fourth-order valence-corrected chi connectivity index (χ4v) is 4.20. The third kappa shape index (κ3) is 3.40. The Bertz CT molecular complexity index is 1080. The maximum atomic E-state index is 13.2. The van der Waals surface area contributed by atoms with Gasteiger partial charge in [0.15, 0.2) is 0 Å². The number of aromatic nitrogens is 4. The molecule has 1 spiro atoms. The van der Waals surface area contributed by atoms with Crippen LogP contribution in [0.3, 0.4) is 0 Å². The number of hydrogen-bond donors (Lipinski definition) is 2. The van der Waals surface area contributed by atoms with Crippen molar-refractivity contribution in [3.63, 3.8) is 0 Å². The number of piperidine rings is 1. The van der Waals surface area contributed by atoms with Gasteiger partial charge in [0.1, 0.15) is 17.5 Å². The van der Waals surface area contributed by atoms with Crippen molar-refractivity contribution in [1.29, 1.82) is 0 Å². The molecule has 1 aliphatic heterocycles. The van der Waals surface area contributed by atoms with Crippen molar-refractivity contribution in [2.75, 3.05) is 13.1 Å². The summed E-state index contributed by atoms with van der Waals surface area (Å²) in [7, 11) is 0. The zero-order chi connectivity index (χ0) is 20.9. The van der Waals surface area contributed by atoms with Gasteiger partial charge in [-0.1, -0.05) is 6.07 Å². The summed E-state index contributed by atoms with van der Waals surface area (Å²) >= 11 is 0. The van der Waals surface area contributed by atoms with E-state index in [9.17, 15) is 13.2 Å². The van der Waals surface area contributed by atoms with Crippen molar-refractivity contribution >= 4 is 10.9 Å². The van der Waals surface area contributed by atoms with Crippen LogP contribution in [0.25, 0.3) is 22.3 Å². The van der Waals surface area contributed by atoms with Crippen molar-refractivity contribution in [2.45, 2.75) is 44.4 Å². The molecular weight excluding hydrogens is 395 g/mol. The van der Waals surface area contributed by atoms with E-state index in [2.05, 4.69) is 25.5 Å². The quantitative estimate of drug-likeness (QED) is 0.665. The Kier molecular flexibility index (Phi) is 4.46. The molecule has 1 aromatic carbocycles. The minimum absolute atomic E-state index is 0.0472. The second-order valence-corrected chi connectivity index (χ2v) is 8.31. The molecule has 2 unspecified atom stereocenters. The van der Waals surface area contributed by atoms with E-state index >= 15 is 0 Å². The Balaban J connectivity index is 1.46. The van der Waals surface area contributed by atoms with E-state index < -0.39 is 12.1 Å². The van der Waals surface area contributed by atoms with Crippen LogP contribution in [0.15, 0.2) is 30.6 Å². The van der Waals surface area contributed by atoms with Crippen molar-refractivity contribution in [2.24, 2.45) is 5.41 Å². The Morgan fingerprint density at radius 3 is 2.80 bits per heavy atom. The molecule has 2 aliphatic rings. The topological polar surface area (TPSA) is 75.7 Å². The van der Waals surface area contributed by atoms with E-state index in [1.54, 1.807) is 18.5 Å². The van der Waals surface area contributed by atoms with Crippen molar-refractivity contribution in [3.05, 3.63) is 36.2 Å². The molecule has 9 heteroatoms. The predicted octanol–water partition coefficient (Wildman–Crippen LogP) is 4.21. The lowest BCUT2D eigenvalue weighted by Gasteiger charge is -2.32. The highest BCUT2D eigenvalue weighted by atomic mass is 19.4. The number of benzene rings is 1. The lowest BCUT2D eigenvalue weighted by Crippen LogP contribution is -2.45. The first-order valence-electron chi connectivity index (χ1n) is 10.1. The number of nitrogens with one attached hydrogen (secondary N) is 2. The number of halogens is 3. The van der Waals surface area contributed by atoms with E-state index in [1.165, 1.54) is 12.1 Å². The van der Waals surface area contributed by atoms with E-state index in [4.69, 9.17) is 4.74 Å². The second-order valence-electron chi connectivity index (χ2n) is 8.31. The number of ether oxygens (including phenoxy) is 1. The molecule has 2 aromatic heterocycles. The van der Waals surface area contributed by atoms with Gasteiger partial charge in [0.25, 0.3) is 0 Å². The molecule has 2 atom stereocenters. The van der Waals surface area contributed by atoms with Crippen LogP contribution in [-0.2, 0) is 0 Å². The van der Waals surface area contributed by atoms with Crippen LogP contribution in [0.2, 0.25) is 0 Å². The summed E-state index contributed by atoms with van der Waals surface area (Å²) in [6.45, 7) is 2.93. The third-order valence-corrected chi connectivity index (χ3v) is 6.40. The average Bonchev–Trinajstić information content (AvgIpc) is 3.37. The SMILES string of the molecule is CC(c1ccc2[nH]nc(-c3cncc(OC4CNCCC45CC5)n3)c2c1)C(F)(F)F. The van der Waals surface area contributed by atoms with Crippen LogP contribution in [0, 0.1) is 5.41 Å². The van der Waals surface area contributed by atoms with Crippen LogP contribution in [0.1, 0.15) is 37.7 Å². The monoisotopic (exact) mass is 417 g/mol. The summed E-state index contributed by atoms with van der Waals surface area (Å²) < 4.78 is 45.6. The molecule has 158 valence electrons. The lowest BCUT2D eigenvalue weighted by atomic mass is 9.92. The molecule has 2 fully saturated rings. The molecule has 30 heavy (non-hydrogen) atoms. The van der Waals surface area contributed by atoms with E-state index in [0.29, 0.717) is 28.2 Å². The Morgan fingerprint density at radius 2 is 2.03 bits per heavy atom. The number of nitrogens with zero attached hydrogens (tertiary/aromatic N) is 3. The van der Waals surface area contributed by atoms with Gasteiger partial charge in [0.2, 0.25) is 5.88 Å². The van der Waals surface area contributed by atoms with Crippen molar-refractivity contribution < 1.29 is 17.9 Å². The molecule has 6 nitrogen and oxygen atoms in total. The van der Waals surface area contributed by atoms with E-state index in [-0.39, 0.29) is 17.1 Å². The summed E-state index contributed by atoms with van der Waals surface area (Å²) in [5.74, 6) is -1.16. The highest BCUT2D eigenvalue weighted by molar-refractivity contribution is 5.92. The highest BCUT2D eigenvalue weighted by Gasteiger charge is 2.52. The zero-order valence-corrected chi connectivity index (χ0v) is 16.5. The minimum Gasteiger partial charge on any atom is -0.471 e. The number of rotatable bonds is 4. The molecule has 1 saturated heterocycles. The van der Waals surface area contributed by atoms with Gasteiger partial charge in [-0.15, -0.1) is 0 Å². The van der Waals surface area contributed by atoms with Gasteiger partial charge in [-0.05, 0) is 50.4 Å². The predicted molar refractivity (Wildman–Crippen MR) is 105 cm³/mol. The summed E-state index contributed by atoms with van der Waals surface area (Å²) in [5.41, 5.74) is 1.99. The fourth-order valence-electron chi connectivity index (χ4n) is 4.20. The summed E-state index contributed by atoms with van der Waals surface area (Å²) in [5, 5.41) is 11.1. The normalized spacial score (nSPS) is 21.7. The largest absolute Gasteiger partial charge is 0.471 e. The van der Waals surface area contributed by atoms with Gasteiger partial charge in [0, 0.05) is 17.3 Å². The molecule has 5 rings (SSSR count). The van der Waals surface area contributed by atoms with Crippen LogP contribution < -0.4 is 10.1 Å². The van der Waals surface area contributed by atoms with Crippen molar-refractivity contribution in [3.8, 4) is 17.3 Å². The van der Waals surface area contributed by atoms with Gasteiger partial charge in [-0.25, -0.2) is 4.98 Å². The molecule has 3 heterocycles. The molecule has 3 aromatic rings. The number of fused-ring (bicyclic) bond motifs is 1. The summed E-state index contributed by atoms with van der Waals surface area (Å²) in [6, 6.07) is 4.60. The molecule has 0 radical (unpaired) electrons. The van der Waals surface area contributed by atoms with Gasteiger partial charge in [0.05, 0.1) is 23.8 Å². The van der Waals surface area contributed by atoms with Gasteiger partial charge < -0.3 is 10.1 Å². The summed E-state index contributed by atoms with van der Waals surface area (Å²) in [6.07, 6.45) is 2.28.